The third-order valence-corrected chi connectivity index (χ3v) is 4.08. The van der Waals surface area contributed by atoms with Crippen LogP contribution in [-0.4, -0.2) is 32.5 Å². The molecule has 1 aliphatic carbocycles. The lowest BCUT2D eigenvalue weighted by atomic mass is 9.95. The first-order valence-electron chi connectivity index (χ1n) is 7.09. The van der Waals surface area contributed by atoms with Crippen LogP contribution in [0.25, 0.3) is 5.82 Å². The first-order valence-corrected chi connectivity index (χ1v) is 7.09. The fourth-order valence-electron chi connectivity index (χ4n) is 2.47. The van der Waals surface area contributed by atoms with Gasteiger partial charge in [0.1, 0.15) is 12.1 Å². The fraction of sp³-hybridized carbons (Fsp3) is 0.400. The average molecular weight is 358 g/mol. The quantitative estimate of drug-likeness (QED) is 0.856. The molecule has 0 bridgehead atoms. The fourth-order valence-corrected chi connectivity index (χ4v) is 2.47. The van der Waals surface area contributed by atoms with Crippen LogP contribution in [0.1, 0.15) is 30.1 Å². The molecule has 2 aromatic heterocycles. The molecule has 0 aromatic carbocycles. The van der Waals surface area contributed by atoms with Crippen molar-refractivity contribution >= 4 is 30.7 Å². The number of pyridine rings is 1. The van der Waals surface area contributed by atoms with Crippen molar-refractivity contribution in [2.75, 3.05) is 6.54 Å². The smallest absolute Gasteiger partial charge is 0.251 e. The summed E-state index contributed by atoms with van der Waals surface area (Å²) in [6.07, 6.45) is 9.00. The Bertz CT molecular complexity index is 645. The van der Waals surface area contributed by atoms with Gasteiger partial charge in [-0.1, -0.05) is 0 Å². The molecule has 1 atom stereocenters. The number of carbonyl (C=O) groups is 1. The summed E-state index contributed by atoms with van der Waals surface area (Å²) < 4.78 is 1.76. The molecule has 3 N–H and O–H groups in total. The van der Waals surface area contributed by atoms with Gasteiger partial charge in [-0.2, -0.15) is 0 Å². The zero-order valence-corrected chi connectivity index (χ0v) is 14.4. The van der Waals surface area contributed by atoms with Crippen molar-refractivity contribution in [1.29, 1.82) is 0 Å². The van der Waals surface area contributed by atoms with Gasteiger partial charge < -0.3 is 11.1 Å². The minimum atomic E-state index is -0.324. The summed E-state index contributed by atoms with van der Waals surface area (Å²) in [5.41, 5.74) is 6.10. The number of rotatable bonds is 5. The Hall–Kier alpha value is -1.63. The minimum absolute atomic E-state index is 0. The van der Waals surface area contributed by atoms with Crippen LogP contribution in [0.5, 0.6) is 0 Å². The molecule has 2 aromatic rings. The highest BCUT2D eigenvalue weighted by atomic mass is 35.5. The Morgan fingerprint density at radius 1 is 1.43 bits per heavy atom. The number of hydrogen-bond donors (Lipinski definition) is 2. The van der Waals surface area contributed by atoms with Gasteiger partial charge in [0.2, 0.25) is 0 Å². The Morgan fingerprint density at radius 2 is 2.17 bits per heavy atom. The van der Waals surface area contributed by atoms with E-state index < -0.39 is 0 Å². The normalized spacial score (nSPS) is 15.7. The summed E-state index contributed by atoms with van der Waals surface area (Å²) in [6, 6.07) is 3.46. The summed E-state index contributed by atoms with van der Waals surface area (Å²) in [5.74, 6) is 1.04. The lowest BCUT2D eigenvalue weighted by molar-refractivity contribution is 0.0897. The number of nitrogens with one attached hydrogen (secondary N) is 1. The average Bonchev–Trinajstić information content (AvgIpc) is 3.23. The van der Waals surface area contributed by atoms with E-state index in [-0.39, 0.29) is 36.3 Å². The van der Waals surface area contributed by atoms with Gasteiger partial charge >= 0.3 is 0 Å². The standard InChI is InChI=1S/C15H19N5O.2ClH/c1-15(9-16,12-2-3-12)19-14(21)11-4-5-18-13(8-11)20-7-6-17-10-20;;/h4-8,10,12H,2-3,9,16H2,1H3,(H,19,21);2*1H. The van der Waals surface area contributed by atoms with E-state index in [1.165, 1.54) is 0 Å². The topological polar surface area (TPSA) is 85.8 Å². The molecule has 8 heteroatoms. The van der Waals surface area contributed by atoms with E-state index in [4.69, 9.17) is 5.73 Å². The number of nitrogens with zero attached hydrogens (tertiary/aromatic N) is 3. The van der Waals surface area contributed by atoms with Gasteiger partial charge in [0.25, 0.3) is 5.91 Å². The molecule has 23 heavy (non-hydrogen) atoms. The molecule has 0 radical (unpaired) electrons. The first-order chi connectivity index (χ1) is 10.1. The molecule has 0 aliphatic heterocycles. The first kappa shape index (κ1) is 19.4. The second kappa shape index (κ2) is 7.77. The van der Waals surface area contributed by atoms with E-state index in [2.05, 4.69) is 15.3 Å². The van der Waals surface area contributed by atoms with Gasteiger partial charge in [-0.25, -0.2) is 9.97 Å². The van der Waals surface area contributed by atoms with Crippen molar-refractivity contribution < 1.29 is 4.79 Å². The molecule has 1 saturated carbocycles. The predicted molar refractivity (Wildman–Crippen MR) is 93.5 cm³/mol. The van der Waals surface area contributed by atoms with E-state index >= 15 is 0 Å². The highest BCUT2D eigenvalue weighted by molar-refractivity contribution is 5.95. The third-order valence-electron chi connectivity index (χ3n) is 4.08. The van der Waals surface area contributed by atoms with E-state index in [1.807, 2.05) is 6.92 Å². The van der Waals surface area contributed by atoms with Gasteiger partial charge in [-0.3, -0.25) is 9.36 Å². The molecule has 3 rings (SSSR count). The predicted octanol–water partition coefficient (Wildman–Crippen LogP) is 1.97. The molecular formula is C15H21Cl2N5O. The zero-order valence-electron chi connectivity index (χ0n) is 12.8. The maximum atomic E-state index is 12.5. The zero-order chi connectivity index (χ0) is 14.9. The molecule has 0 spiro atoms. The molecule has 6 nitrogen and oxygen atoms in total. The second-order valence-electron chi connectivity index (χ2n) is 5.72. The van der Waals surface area contributed by atoms with Crippen molar-refractivity contribution in [2.45, 2.75) is 25.3 Å². The molecule has 1 fully saturated rings. The third kappa shape index (κ3) is 4.22. The van der Waals surface area contributed by atoms with Crippen LogP contribution in [0.3, 0.4) is 0 Å². The van der Waals surface area contributed by atoms with Crippen LogP contribution in [-0.2, 0) is 0 Å². The number of amides is 1. The number of halogens is 2. The van der Waals surface area contributed by atoms with Gasteiger partial charge in [-0.05, 0) is 37.8 Å². The molecule has 1 unspecified atom stereocenters. The maximum Gasteiger partial charge on any atom is 0.251 e. The van der Waals surface area contributed by atoms with Crippen LogP contribution >= 0.6 is 24.8 Å². The maximum absolute atomic E-state index is 12.5. The SMILES string of the molecule is CC(CN)(NC(=O)c1ccnc(-n2ccnc2)c1)C1CC1.Cl.Cl. The summed E-state index contributed by atoms with van der Waals surface area (Å²) in [4.78, 5) is 20.7. The van der Waals surface area contributed by atoms with E-state index in [0.717, 1.165) is 12.8 Å². The van der Waals surface area contributed by atoms with Gasteiger partial charge in [-0.15, -0.1) is 24.8 Å². The highest BCUT2D eigenvalue weighted by Gasteiger charge is 2.41. The van der Waals surface area contributed by atoms with Crippen molar-refractivity contribution in [2.24, 2.45) is 11.7 Å². The Labute approximate surface area is 147 Å². The molecule has 0 saturated heterocycles. The van der Waals surface area contributed by atoms with Crippen LogP contribution in [0, 0.1) is 5.92 Å². The van der Waals surface area contributed by atoms with Gasteiger partial charge in [0, 0.05) is 30.7 Å². The van der Waals surface area contributed by atoms with Gasteiger partial charge in [0.15, 0.2) is 0 Å². The molecule has 1 aliphatic rings. The van der Waals surface area contributed by atoms with Crippen LogP contribution in [0.2, 0.25) is 0 Å². The summed E-state index contributed by atoms with van der Waals surface area (Å²) in [5, 5.41) is 3.08. The number of hydrogen-bond acceptors (Lipinski definition) is 4. The second-order valence-corrected chi connectivity index (χ2v) is 5.72. The Kier molecular flexibility index (Phi) is 6.56. The monoisotopic (exact) mass is 357 g/mol. The Balaban J connectivity index is 0.00000132. The van der Waals surface area contributed by atoms with Crippen molar-refractivity contribution in [3.63, 3.8) is 0 Å². The van der Waals surface area contributed by atoms with Crippen LogP contribution in [0.4, 0.5) is 0 Å². The number of aromatic nitrogens is 3. The summed E-state index contributed by atoms with van der Waals surface area (Å²) in [7, 11) is 0. The molecular weight excluding hydrogens is 337 g/mol. The van der Waals surface area contributed by atoms with Gasteiger partial charge in [0.05, 0.1) is 5.54 Å². The van der Waals surface area contributed by atoms with Crippen LogP contribution in [0.15, 0.2) is 37.1 Å². The Morgan fingerprint density at radius 3 is 2.74 bits per heavy atom. The number of imidazole rings is 1. The molecule has 2 heterocycles. The van der Waals surface area contributed by atoms with Crippen molar-refractivity contribution in [3.8, 4) is 5.82 Å². The molecule has 1 amide bonds. The number of carbonyl (C=O) groups excluding carboxylic acids is 1. The lowest BCUT2D eigenvalue weighted by Gasteiger charge is -2.29. The van der Waals surface area contributed by atoms with E-state index in [9.17, 15) is 4.79 Å². The summed E-state index contributed by atoms with van der Waals surface area (Å²) in [6.45, 7) is 2.46. The lowest BCUT2D eigenvalue weighted by Crippen LogP contribution is -2.53. The summed E-state index contributed by atoms with van der Waals surface area (Å²) >= 11 is 0. The van der Waals surface area contributed by atoms with E-state index in [1.54, 1.807) is 41.6 Å². The van der Waals surface area contributed by atoms with Crippen LogP contribution < -0.4 is 11.1 Å². The van der Waals surface area contributed by atoms with Crippen molar-refractivity contribution in [1.82, 2.24) is 19.9 Å². The van der Waals surface area contributed by atoms with Crippen molar-refractivity contribution in [3.05, 3.63) is 42.6 Å². The highest BCUT2D eigenvalue weighted by Crippen LogP contribution is 2.39. The van der Waals surface area contributed by atoms with E-state index in [0.29, 0.717) is 23.8 Å². The minimum Gasteiger partial charge on any atom is -0.345 e. The number of nitrogens with two attached hydrogens (primary N) is 1. The molecule has 126 valence electrons. The largest absolute Gasteiger partial charge is 0.345 e.